The Bertz CT molecular complexity index is 303. The van der Waals surface area contributed by atoms with Crippen LogP contribution in [0.15, 0.2) is 0 Å². The maximum Gasteiger partial charge on any atom is 0.185 e. The number of aromatic amines is 1. The van der Waals surface area contributed by atoms with Crippen LogP contribution in [0.3, 0.4) is 0 Å². The number of rotatable bonds is 1. The first-order valence-corrected chi connectivity index (χ1v) is 4.35. The maximum atomic E-state index is 10.4. The van der Waals surface area contributed by atoms with Gasteiger partial charge in [0.2, 0.25) is 0 Å². The molecule has 2 rings (SSSR count). The molecule has 1 aliphatic rings. The highest BCUT2D eigenvalue weighted by Crippen LogP contribution is 2.28. The first-order chi connectivity index (χ1) is 5.81. The topological polar surface area (TPSA) is 45.8 Å². The number of nitrogens with one attached hydrogen (secondary N) is 1. The summed E-state index contributed by atoms with van der Waals surface area (Å²) in [6, 6.07) is 0. The van der Waals surface area contributed by atoms with Crippen molar-refractivity contribution < 1.29 is 4.79 Å². The van der Waals surface area contributed by atoms with Gasteiger partial charge in [-0.25, -0.2) is 4.98 Å². The van der Waals surface area contributed by atoms with Gasteiger partial charge in [-0.1, -0.05) is 6.92 Å². The van der Waals surface area contributed by atoms with Crippen LogP contribution in [0.4, 0.5) is 0 Å². The lowest BCUT2D eigenvalue weighted by molar-refractivity contribution is 0.111. The van der Waals surface area contributed by atoms with Gasteiger partial charge in [0.15, 0.2) is 12.1 Å². The van der Waals surface area contributed by atoms with Crippen LogP contribution in [-0.2, 0) is 6.42 Å². The molecular weight excluding hydrogens is 152 g/mol. The van der Waals surface area contributed by atoms with Gasteiger partial charge in [-0.3, -0.25) is 4.79 Å². The average molecular weight is 164 g/mol. The number of aldehydes is 1. The number of aryl methyl sites for hydroxylation is 1. The smallest absolute Gasteiger partial charge is 0.185 e. The number of H-pyrrole nitrogens is 1. The summed E-state index contributed by atoms with van der Waals surface area (Å²) in [7, 11) is 0. The van der Waals surface area contributed by atoms with Gasteiger partial charge in [0.05, 0.1) is 5.69 Å². The first kappa shape index (κ1) is 7.53. The molecule has 0 spiro atoms. The van der Waals surface area contributed by atoms with Crippen molar-refractivity contribution in [3.05, 3.63) is 17.2 Å². The average Bonchev–Trinajstić information content (AvgIpc) is 2.49. The van der Waals surface area contributed by atoms with Crippen LogP contribution >= 0.6 is 0 Å². The van der Waals surface area contributed by atoms with Crippen LogP contribution in [0.2, 0.25) is 0 Å². The summed E-state index contributed by atoms with van der Waals surface area (Å²) in [5, 5.41) is 0. The number of nitrogens with zero attached hydrogens (tertiary/aromatic N) is 1. The van der Waals surface area contributed by atoms with Crippen molar-refractivity contribution >= 4 is 6.29 Å². The lowest BCUT2D eigenvalue weighted by Crippen LogP contribution is -2.05. The van der Waals surface area contributed by atoms with E-state index < -0.39 is 0 Å². The Kier molecular flexibility index (Phi) is 1.71. The zero-order valence-corrected chi connectivity index (χ0v) is 7.13. The number of fused-ring (bicyclic) bond motifs is 1. The van der Waals surface area contributed by atoms with Crippen LogP contribution in [0, 0.1) is 0 Å². The Morgan fingerprint density at radius 3 is 3.17 bits per heavy atom. The third-order valence-electron chi connectivity index (χ3n) is 2.47. The van der Waals surface area contributed by atoms with Gasteiger partial charge in [-0.05, 0) is 19.3 Å². The molecule has 0 radical (unpaired) electrons. The summed E-state index contributed by atoms with van der Waals surface area (Å²) in [6.45, 7) is 2.16. The molecule has 1 unspecified atom stereocenters. The number of hydrogen-bond donors (Lipinski definition) is 1. The highest BCUT2D eigenvalue weighted by molar-refractivity contribution is 5.69. The zero-order chi connectivity index (χ0) is 8.55. The molecule has 1 N–H and O–H groups in total. The second-order valence-corrected chi connectivity index (χ2v) is 3.40. The molecule has 0 aliphatic heterocycles. The molecule has 3 nitrogen and oxygen atoms in total. The van der Waals surface area contributed by atoms with Crippen molar-refractivity contribution in [3.63, 3.8) is 0 Å². The van der Waals surface area contributed by atoms with Crippen LogP contribution in [0.25, 0.3) is 0 Å². The van der Waals surface area contributed by atoms with Crippen LogP contribution in [0.5, 0.6) is 0 Å². The molecule has 1 aromatic heterocycles. The molecule has 1 atom stereocenters. The largest absolute Gasteiger partial charge is 0.339 e. The van der Waals surface area contributed by atoms with Gasteiger partial charge in [0, 0.05) is 11.6 Å². The Balaban J connectivity index is 2.43. The molecule has 1 aliphatic carbocycles. The van der Waals surface area contributed by atoms with E-state index in [1.807, 2.05) is 0 Å². The molecule has 0 saturated heterocycles. The lowest BCUT2D eigenvalue weighted by Gasteiger charge is -2.15. The number of carbonyl (C=O) groups excluding carboxylic acids is 1. The quantitative estimate of drug-likeness (QED) is 0.641. The fourth-order valence-electron chi connectivity index (χ4n) is 1.82. The molecule has 0 fully saturated rings. The van der Waals surface area contributed by atoms with Crippen molar-refractivity contribution in [2.45, 2.75) is 32.1 Å². The molecule has 0 amide bonds. The predicted octanol–water partition coefficient (Wildman–Crippen LogP) is 1.66. The number of carbonyl (C=O) groups is 1. The standard InChI is InChI=1S/C9H12N2O/c1-6-3-2-4-7-9(6)11-8(5-12)10-7/h5-6H,2-4H2,1H3,(H,10,11). The minimum absolute atomic E-state index is 0.480. The van der Waals surface area contributed by atoms with Gasteiger partial charge in [-0.15, -0.1) is 0 Å². The van der Waals surface area contributed by atoms with E-state index in [1.165, 1.54) is 12.8 Å². The number of aromatic nitrogens is 2. The summed E-state index contributed by atoms with van der Waals surface area (Å²) in [4.78, 5) is 17.7. The Hall–Kier alpha value is -1.12. The van der Waals surface area contributed by atoms with E-state index in [-0.39, 0.29) is 0 Å². The van der Waals surface area contributed by atoms with Crippen molar-refractivity contribution in [1.82, 2.24) is 9.97 Å². The number of imidazole rings is 1. The zero-order valence-electron chi connectivity index (χ0n) is 7.13. The van der Waals surface area contributed by atoms with E-state index in [2.05, 4.69) is 16.9 Å². The lowest BCUT2D eigenvalue weighted by atomic mass is 9.92. The van der Waals surface area contributed by atoms with Gasteiger partial charge < -0.3 is 4.98 Å². The molecular formula is C9H12N2O. The van der Waals surface area contributed by atoms with E-state index in [0.717, 1.165) is 24.1 Å². The van der Waals surface area contributed by atoms with Crippen LogP contribution in [0.1, 0.15) is 47.7 Å². The predicted molar refractivity (Wildman–Crippen MR) is 45.3 cm³/mol. The molecule has 0 aromatic carbocycles. The summed E-state index contributed by atoms with van der Waals surface area (Å²) in [5.41, 5.74) is 2.26. The normalized spacial score (nSPS) is 21.9. The highest BCUT2D eigenvalue weighted by Gasteiger charge is 2.20. The van der Waals surface area contributed by atoms with E-state index >= 15 is 0 Å². The molecule has 0 saturated carbocycles. The van der Waals surface area contributed by atoms with Crippen LogP contribution in [-0.4, -0.2) is 16.3 Å². The molecule has 12 heavy (non-hydrogen) atoms. The molecule has 1 aromatic rings. The van der Waals surface area contributed by atoms with E-state index in [9.17, 15) is 4.79 Å². The molecule has 1 heterocycles. The summed E-state index contributed by atoms with van der Waals surface area (Å²) in [5.74, 6) is 0.993. The van der Waals surface area contributed by atoms with Crippen LogP contribution < -0.4 is 0 Å². The second-order valence-electron chi connectivity index (χ2n) is 3.40. The maximum absolute atomic E-state index is 10.4. The van der Waals surface area contributed by atoms with Crippen molar-refractivity contribution in [1.29, 1.82) is 0 Å². The van der Waals surface area contributed by atoms with Gasteiger partial charge >= 0.3 is 0 Å². The molecule has 0 bridgehead atoms. The fourth-order valence-corrected chi connectivity index (χ4v) is 1.82. The summed E-state index contributed by atoms with van der Waals surface area (Å²) >= 11 is 0. The third-order valence-corrected chi connectivity index (χ3v) is 2.47. The Morgan fingerprint density at radius 1 is 1.67 bits per heavy atom. The second kappa shape index (κ2) is 2.73. The van der Waals surface area contributed by atoms with Gasteiger partial charge in [0.1, 0.15) is 0 Å². The minimum Gasteiger partial charge on any atom is -0.339 e. The van der Waals surface area contributed by atoms with Crippen molar-refractivity contribution in [2.75, 3.05) is 0 Å². The fraction of sp³-hybridized carbons (Fsp3) is 0.556. The van der Waals surface area contributed by atoms with Gasteiger partial charge in [-0.2, -0.15) is 0 Å². The third kappa shape index (κ3) is 1.05. The first-order valence-electron chi connectivity index (χ1n) is 4.35. The van der Waals surface area contributed by atoms with Crippen molar-refractivity contribution in [2.24, 2.45) is 0 Å². The van der Waals surface area contributed by atoms with Gasteiger partial charge in [0.25, 0.3) is 0 Å². The van der Waals surface area contributed by atoms with E-state index in [4.69, 9.17) is 0 Å². The molecule has 3 heteroatoms. The SMILES string of the molecule is CC1CCCc2[nH]c(C=O)nc21. The monoisotopic (exact) mass is 164 g/mol. The number of hydrogen-bond acceptors (Lipinski definition) is 2. The molecule has 64 valence electrons. The minimum atomic E-state index is 0.480. The van der Waals surface area contributed by atoms with E-state index in [1.54, 1.807) is 0 Å². The van der Waals surface area contributed by atoms with E-state index in [0.29, 0.717) is 11.7 Å². The Morgan fingerprint density at radius 2 is 2.50 bits per heavy atom. The van der Waals surface area contributed by atoms with Crippen molar-refractivity contribution in [3.8, 4) is 0 Å². The highest BCUT2D eigenvalue weighted by atomic mass is 16.1. The summed E-state index contributed by atoms with van der Waals surface area (Å²) in [6.07, 6.45) is 4.22. The Labute approximate surface area is 71.2 Å². The summed E-state index contributed by atoms with van der Waals surface area (Å²) < 4.78 is 0.